The van der Waals surface area contributed by atoms with Crippen LogP contribution in [-0.4, -0.2) is 9.97 Å². The van der Waals surface area contributed by atoms with Gasteiger partial charge in [-0.15, -0.1) is 11.3 Å². The van der Waals surface area contributed by atoms with Crippen LogP contribution in [0.5, 0.6) is 0 Å². The van der Waals surface area contributed by atoms with Crippen molar-refractivity contribution in [3.63, 3.8) is 0 Å². The number of rotatable bonds is 5. The predicted molar refractivity (Wildman–Crippen MR) is 114 cm³/mol. The number of hydrogen-bond donors (Lipinski definition) is 0. The molecule has 0 saturated heterocycles. The number of aryl methyl sites for hydroxylation is 4. The Labute approximate surface area is 164 Å². The van der Waals surface area contributed by atoms with Crippen molar-refractivity contribution in [1.82, 2.24) is 9.97 Å². The van der Waals surface area contributed by atoms with Crippen LogP contribution in [0.1, 0.15) is 21.8 Å². The topological polar surface area (TPSA) is 25.8 Å². The first-order valence-corrected chi connectivity index (χ1v) is 10.0. The van der Waals surface area contributed by atoms with E-state index in [0.29, 0.717) is 0 Å². The molecule has 2 nitrogen and oxygen atoms in total. The maximum Gasteiger partial charge on any atom is 0.0942 e. The van der Waals surface area contributed by atoms with Crippen molar-refractivity contribution in [3.8, 4) is 21.7 Å². The molecule has 2 heterocycles. The van der Waals surface area contributed by atoms with Gasteiger partial charge in [0.25, 0.3) is 0 Å². The quantitative estimate of drug-likeness (QED) is 0.413. The van der Waals surface area contributed by atoms with E-state index in [1.165, 1.54) is 32.1 Å². The summed E-state index contributed by atoms with van der Waals surface area (Å²) in [5.41, 5.74) is 7.10. The second-order valence-electron chi connectivity index (χ2n) is 6.83. The molecule has 4 rings (SSSR count). The molecule has 2 aromatic carbocycles. The first-order valence-electron chi connectivity index (χ1n) is 9.23. The van der Waals surface area contributed by atoms with Crippen LogP contribution in [0.25, 0.3) is 21.7 Å². The molecule has 0 fully saturated rings. The Morgan fingerprint density at radius 2 is 1.67 bits per heavy atom. The average Bonchev–Trinajstić information content (AvgIpc) is 3.12. The van der Waals surface area contributed by atoms with Crippen LogP contribution in [0.3, 0.4) is 0 Å². The monoisotopic (exact) mass is 370 g/mol. The summed E-state index contributed by atoms with van der Waals surface area (Å²) < 4.78 is 0. The second kappa shape index (κ2) is 7.85. The van der Waals surface area contributed by atoms with E-state index in [1.54, 1.807) is 11.3 Å². The summed E-state index contributed by atoms with van der Waals surface area (Å²) in [6.45, 7) is 4.16. The zero-order valence-electron chi connectivity index (χ0n) is 15.6. The van der Waals surface area contributed by atoms with Gasteiger partial charge in [-0.25, -0.2) is 4.98 Å². The zero-order valence-corrected chi connectivity index (χ0v) is 16.5. The number of benzene rings is 2. The SMILES string of the molecule is Cc1cccc(-c2nc(CCc3ccccc3)sc2-c2ccnc(C)c2)c1. The van der Waals surface area contributed by atoms with Crippen LogP contribution in [0.4, 0.5) is 0 Å². The maximum absolute atomic E-state index is 5.04. The first kappa shape index (κ1) is 17.6. The molecule has 0 atom stereocenters. The van der Waals surface area contributed by atoms with Gasteiger partial charge in [-0.05, 0) is 49.6 Å². The normalized spacial score (nSPS) is 10.9. The van der Waals surface area contributed by atoms with E-state index in [2.05, 4.69) is 78.6 Å². The lowest BCUT2D eigenvalue weighted by atomic mass is 10.0. The Morgan fingerprint density at radius 3 is 2.44 bits per heavy atom. The van der Waals surface area contributed by atoms with Crippen molar-refractivity contribution in [3.05, 3.63) is 94.8 Å². The number of thiazole rings is 1. The number of pyridine rings is 1. The molecule has 4 aromatic rings. The Balaban J connectivity index is 1.73. The lowest BCUT2D eigenvalue weighted by molar-refractivity contribution is 0.945. The molecule has 0 aliphatic rings. The van der Waals surface area contributed by atoms with Gasteiger partial charge < -0.3 is 0 Å². The lowest BCUT2D eigenvalue weighted by Gasteiger charge is -2.04. The highest BCUT2D eigenvalue weighted by atomic mass is 32.1. The highest BCUT2D eigenvalue weighted by Crippen LogP contribution is 2.37. The summed E-state index contributed by atoms with van der Waals surface area (Å²) in [6.07, 6.45) is 3.85. The largest absolute Gasteiger partial charge is 0.262 e. The summed E-state index contributed by atoms with van der Waals surface area (Å²) >= 11 is 1.80. The van der Waals surface area contributed by atoms with E-state index in [0.717, 1.165) is 24.2 Å². The van der Waals surface area contributed by atoms with Gasteiger partial charge >= 0.3 is 0 Å². The smallest absolute Gasteiger partial charge is 0.0942 e. The summed E-state index contributed by atoms with van der Waals surface area (Å²) in [4.78, 5) is 10.6. The van der Waals surface area contributed by atoms with Gasteiger partial charge in [-0.2, -0.15) is 0 Å². The van der Waals surface area contributed by atoms with Crippen LogP contribution < -0.4 is 0 Å². The lowest BCUT2D eigenvalue weighted by Crippen LogP contribution is -1.90. The highest BCUT2D eigenvalue weighted by Gasteiger charge is 2.15. The van der Waals surface area contributed by atoms with Gasteiger partial charge in [-0.1, -0.05) is 54.1 Å². The standard InChI is InChI=1S/C24H22N2S/c1-17-7-6-10-20(15-17)23-24(21-13-14-25-18(2)16-21)27-22(26-23)12-11-19-8-4-3-5-9-19/h3-10,13-16H,11-12H2,1-2H3. The van der Waals surface area contributed by atoms with Gasteiger partial charge in [0, 0.05) is 23.9 Å². The van der Waals surface area contributed by atoms with Gasteiger partial charge in [0.1, 0.15) is 0 Å². The third-order valence-corrected chi connectivity index (χ3v) is 5.76. The van der Waals surface area contributed by atoms with Crippen LogP contribution in [0.2, 0.25) is 0 Å². The van der Waals surface area contributed by atoms with Crippen molar-refractivity contribution in [2.24, 2.45) is 0 Å². The highest BCUT2D eigenvalue weighted by molar-refractivity contribution is 7.15. The molecule has 27 heavy (non-hydrogen) atoms. The van der Waals surface area contributed by atoms with E-state index in [-0.39, 0.29) is 0 Å². The minimum Gasteiger partial charge on any atom is -0.262 e. The number of nitrogens with zero attached hydrogens (tertiary/aromatic N) is 2. The number of hydrogen-bond acceptors (Lipinski definition) is 3. The van der Waals surface area contributed by atoms with Crippen molar-refractivity contribution >= 4 is 11.3 Å². The minimum atomic E-state index is 0.956. The van der Waals surface area contributed by atoms with Gasteiger partial charge in [0.15, 0.2) is 0 Å². The molecular weight excluding hydrogens is 348 g/mol. The molecule has 0 aliphatic carbocycles. The van der Waals surface area contributed by atoms with Crippen molar-refractivity contribution < 1.29 is 0 Å². The summed E-state index contributed by atoms with van der Waals surface area (Å²) in [6, 6.07) is 23.5. The Bertz CT molecular complexity index is 988. The van der Waals surface area contributed by atoms with Crippen molar-refractivity contribution in [2.75, 3.05) is 0 Å². The van der Waals surface area contributed by atoms with Gasteiger partial charge in [0.05, 0.1) is 15.6 Å². The Kier molecular flexibility index (Phi) is 5.12. The Morgan fingerprint density at radius 1 is 0.815 bits per heavy atom. The van der Waals surface area contributed by atoms with Crippen molar-refractivity contribution in [1.29, 1.82) is 0 Å². The molecule has 2 aromatic heterocycles. The van der Waals surface area contributed by atoms with E-state index < -0.39 is 0 Å². The summed E-state index contributed by atoms with van der Waals surface area (Å²) in [7, 11) is 0. The molecule has 0 spiro atoms. The minimum absolute atomic E-state index is 0.956. The molecule has 0 amide bonds. The third kappa shape index (κ3) is 4.15. The van der Waals surface area contributed by atoms with Crippen LogP contribution in [0.15, 0.2) is 72.9 Å². The van der Waals surface area contributed by atoms with Crippen LogP contribution in [0, 0.1) is 13.8 Å². The van der Waals surface area contributed by atoms with Gasteiger partial charge in [0.2, 0.25) is 0 Å². The second-order valence-corrected chi connectivity index (χ2v) is 7.91. The Hall–Kier alpha value is -2.78. The third-order valence-electron chi connectivity index (χ3n) is 4.59. The fraction of sp³-hybridized carbons (Fsp3) is 0.167. The molecule has 0 unspecified atom stereocenters. The predicted octanol–water partition coefficient (Wildman–Crippen LogP) is 6.27. The zero-order chi connectivity index (χ0) is 18.6. The average molecular weight is 371 g/mol. The summed E-state index contributed by atoms with van der Waals surface area (Å²) in [5.74, 6) is 0. The molecule has 0 radical (unpaired) electrons. The number of aromatic nitrogens is 2. The summed E-state index contributed by atoms with van der Waals surface area (Å²) in [5, 5.41) is 1.18. The molecule has 0 saturated carbocycles. The van der Waals surface area contributed by atoms with Crippen LogP contribution in [-0.2, 0) is 12.8 Å². The van der Waals surface area contributed by atoms with Crippen molar-refractivity contribution in [2.45, 2.75) is 26.7 Å². The molecular formula is C24H22N2S. The van der Waals surface area contributed by atoms with Gasteiger partial charge in [-0.3, -0.25) is 4.98 Å². The fourth-order valence-corrected chi connectivity index (χ4v) is 4.32. The van der Waals surface area contributed by atoms with Crippen LogP contribution >= 0.6 is 11.3 Å². The fourth-order valence-electron chi connectivity index (χ4n) is 3.24. The molecule has 3 heteroatoms. The van der Waals surface area contributed by atoms with E-state index in [9.17, 15) is 0 Å². The molecule has 0 N–H and O–H groups in total. The van der Waals surface area contributed by atoms with E-state index in [4.69, 9.17) is 4.98 Å². The maximum atomic E-state index is 5.04. The molecule has 0 aliphatic heterocycles. The first-order chi connectivity index (χ1) is 13.2. The van der Waals surface area contributed by atoms with E-state index in [1.807, 2.05) is 13.1 Å². The molecule has 134 valence electrons. The van der Waals surface area contributed by atoms with E-state index >= 15 is 0 Å². The molecule has 0 bridgehead atoms.